The highest BCUT2D eigenvalue weighted by atomic mass is 16.5. The van der Waals surface area contributed by atoms with Gasteiger partial charge in [-0.25, -0.2) is 4.79 Å². The first-order valence-corrected chi connectivity index (χ1v) is 6.39. The SMILES string of the molecule is N#CC1CN(C(=O)N2CCC[C@H](C(=O)O)C2)CCO1. The Morgan fingerprint density at radius 1 is 1.26 bits per heavy atom. The monoisotopic (exact) mass is 267 g/mol. The summed E-state index contributed by atoms with van der Waals surface area (Å²) in [5.74, 6) is -1.33. The zero-order chi connectivity index (χ0) is 13.8. The number of amides is 2. The van der Waals surface area contributed by atoms with Gasteiger partial charge in [0.1, 0.15) is 0 Å². The van der Waals surface area contributed by atoms with Crippen LogP contribution < -0.4 is 0 Å². The van der Waals surface area contributed by atoms with E-state index in [0.29, 0.717) is 32.5 Å². The minimum absolute atomic E-state index is 0.186. The van der Waals surface area contributed by atoms with Gasteiger partial charge in [-0.1, -0.05) is 0 Å². The maximum Gasteiger partial charge on any atom is 0.320 e. The summed E-state index contributed by atoms with van der Waals surface area (Å²) in [4.78, 5) is 26.4. The summed E-state index contributed by atoms with van der Waals surface area (Å²) in [6, 6.07) is 1.80. The molecule has 2 heterocycles. The molecule has 7 nitrogen and oxygen atoms in total. The first-order valence-electron chi connectivity index (χ1n) is 6.39. The molecule has 1 unspecified atom stereocenters. The summed E-state index contributed by atoms with van der Waals surface area (Å²) in [5, 5.41) is 17.8. The molecule has 0 aromatic carbocycles. The lowest BCUT2D eigenvalue weighted by molar-refractivity contribution is -0.143. The van der Waals surface area contributed by atoms with Crippen LogP contribution in [-0.4, -0.2) is 65.8 Å². The highest BCUT2D eigenvalue weighted by Crippen LogP contribution is 2.19. The van der Waals surface area contributed by atoms with Crippen molar-refractivity contribution in [1.82, 2.24) is 9.80 Å². The molecule has 2 amide bonds. The fourth-order valence-electron chi connectivity index (χ4n) is 2.45. The molecule has 2 saturated heterocycles. The maximum absolute atomic E-state index is 12.3. The lowest BCUT2D eigenvalue weighted by atomic mass is 9.98. The van der Waals surface area contributed by atoms with E-state index in [1.54, 1.807) is 9.80 Å². The smallest absolute Gasteiger partial charge is 0.320 e. The lowest BCUT2D eigenvalue weighted by Gasteiger charge is -2.37. The summed E-state index contributed by atoms with van der Waals surface area (Å²) in [6.45, 7) is 1.88. The van der Waals surface area contributed by atoms with Gasteiger partial charge in [0.05, 0.1) is 25.1 Å². The van der Waals surface area contributed by atoms with E-state index in [2.05, 4.69) is 0 Å². The summed E-state index contributed by atoms with van der Waals surface area (Å²) >= 11 is 0. The Morgan fingerprint density at radius 2 is 2.00 bits per heavy atom. The number of nitriles is 1. The van der Waals surface area contributed by atoms with Crippen LogP contribution in [0.2, 0.25) is 0 Å². The number of nitrogens with zero attached hydrogens (tertiary/aromatic N) is 3. The largest absolute Gasteiger partial charge is 0.481 e. The molecule has 2 atom stereocenters. The third kappa shape index (κ3) is 3.15. The van der Waals surface area contributed by atoms with Crippen molar-refractivity contribution in [2.75, 3.05) is 32.8 Å². The van der Waals surface area contributed by atoms with E-state index < -0.39 is 18.0 Å². The molecule has 0 aliphatic carbocycles. The van der Waals surface area contributed by atoms with Gasteiger partial charge >= 0.3 is 12.0 Å². The van der Waals surface area contributed by atoms with Crippen molar-refractivity contribution in [3.05, 3.63) is 0 Å². The predicted octanol–water partition coefficient (Wildman–Crippen LogP) is 0.127. The van der Waals surface area contributed by atoms with Crippen LogP contribution in [0.3, 0.4) is 0 Å². The van der Waals surface area contributed by atoms with Gasteiger partial charge in [-0.05, 0) is 12.8 Å². The number of morpholine rings is 1. The number of hydrogen-bond donors (Lipinski definition) is 1. The van der Waals surface area contributed by atoms with Crippen molar-refractivity contribution in [2.24, 2.45) is 5.92 Å². The van der Waals surface area contributed by atoms with Crippen molar-refractivity contribution in [3.63, 3.8) is 0 Å². The van der Waals surface area contributed by atoms with Crippen LogP contribution in [-0.2, 0) is 9.53 Å². The molecular weight excluding hydrogens is 250 g/mol. The Bertz CT molecular complexity index is 406. The number of carboxylic acids is 1. The average molecular weight is 267 g/mol. The van der Waals surface area contributed by atoms with E-state index in [4.69, 9.17) is 15.1 Å². The zero-order valence-corrected chi connectivity index (χ0v) is 10.6. The third-order valence-electron chi connectivity index (χ3n) is 3.52. The molecule has 2 aliphatic rings. The predicted molar refractivity (Wildman–Crippen MR) is 64.3 cm³/mol. The molecule has 7 heteroatoms. The molecule has 2 fully saturated rings. The lowest BCUT2D eigenvalue weighted by Crippen LogP contribution is -2.53. The molecule has 0 radical (unpaired) electrons. The molecular formula is C12H17N3O4. The summed E-state index contributed by atoms with van der Waals surface area (Å²) in [7, 11) is 0. The first-order chi connectivity index (χ1) is 9.11. The number of piperidine rings is 1. The molecule has 2 aliphatic heterocycles. The molecule has 0 aromatic rings. The number of ether oxygens (including phenoxy) is 1. The molecule has 104 valence electrons. The Hall–Kier alpha value is -1.81. The number of urea groups is 1. The van der Waals surface area contributed by atoms with Crippen molar-refractivity contribution in [2.45, 2.75) is 18.9 Å². The van der Waals surface area contributed by atoms with Crippen molar-refractivity contribution in [3.8, 4) is 6.07 Å². The Kier molecular flexibility index (Phi) is 4.22. The fraction of sp³-hybridized carbons (Fsp3) is 0.750. The highest BCUT2D eigenvalue weighted by molar-refractivity contribution is 5.76. The van der Waals surface area contributed by atoms with Gasteiger partial charge in [0.25, 0.3) is 0 Å². The third-order valence-corrected chi connectivity index (χ3v) is 3.52. The van der Waals surface area contributed by atoms with Crippen LogP contribution in [0.1, 0.15) is 12.8 Å². The van der Waals surface area contributed by atoms with Crippen LogP contribution in [0.4, 0.5) is 4.79 Å². The van der Waals surface area contributed by atoms with Gasteiger partial charge in [0.2, 0.25) is 0 Å². The van der Waals surface area contributed by atoms with E-state index in [1.807, 2.05) is 6.07 Å². The number of likely N-dealkylation sites (tertiary alicyclic amines) is 1. The number of carbonyl (C=O) groups excluding carboxylic acids is 1. The molecule has 0 saturated carbocycles. The Morgan fingerprint density at radius 3 is 2.68 bits per heavy atom. The second-order valence-corrected chi connectivity index (χ2v) is 4.84. The molecule has 0 aromatic heterocycles. The van der Waals surface area contributed by atoms with E-state index in [1.165, 1.54) is 0 Å². The van der Waals surface area contributed by atoms with Gasteiger partial charge in [-0.2, -0.15) is 5.26 Å². The van der Waals surface area contributed by atoms with E-state index >= 15 is 0 Å². The summed E-state index contributed by atoms with van der Waals surface area (Å²) in [5.41, 5.74) is 0. The van der Waals surface area contributed by atoms with Crippen molar-refractivity contribution < 1.29 is 19.4 Å². The zero-order valence-electron chi connectivity index (χ0n) is 10.6. The minimum Gasteiger partial charge on any atom is -0.481 e. The van der Waals surface area contributed by atoms with Crippen molar-refractivity contribution in [1.29, 1.82) is 5.26 Å². The number of rotatable bonds is 1. The Labute approximate surface area is 111 Å². The number of carboxylic acid groups (broad SMARTS) is 1. The van der Waals surface area contributed by atoms with Gasteiger partial charge in [-0.15, -0.1) is 0 Å². The highest BCUT2D eigenvalue weighted by Gasteiger charge is 2.32. The van der Waals surface area contributed by atoms with Gasteiger partial charge in [-0.3, -0.25) is 4.79 Å². The van der Waals surface area contributed by atoms with E-state index in [0.717, 1.165) is 0 Å². The number of carbonyl (C=O) groups is 2. The van der Waals surface area contributed by atoms with Gasteiger partial charge in [0.15, 0.2) is 6.10 Å². The van der Waals surface area contributed by atoms with Gasteiger partial charge in [0, 0.05) is 19.6 Å². The van der Waals surface area contributed by atoms with Crippen LogP contribution in [0.5, 0.6) is 0 Å². The first kappa shape index (κ1) is 13.6. The average Bonchev–Trinajstić information content (AvgIpc) is 2.46. The molecule has 2 rings (SSSR count). The minimum atomic E-state index is -0.852. The van der Waals surface area contributed by atoms with Crippen LogP contribution in [0.25, 0.3) is 0 Å². The second-order valence-electron chi connectivity index (χ2n) is 4.84. The fourth-order valence-corrected chi connectivity index (χ4v) is 2.45. The normalized spacial score (nSPS) is 27.7. The molecule has 1 N–H and O–H groups in total. The van der Waals surface area contributed by atoms with Crippen LogP contribution in [0, 0.1) is 17.2 Å². The Balaban J connectivity index is 1.95. The number of hydrogen-bond acceptors (Lipinski definition) is 4. The molecule has 19 heavy (non-hydrogen) atoms. The maximum atomic E-state index is 12.3. The van der Waals surface area contributed by atoms with Gasteiger partial charge < -0.3 is 19.6 Å². The topological polar surface area (TPSA) is 93.9 Å². The van der Waals surface area contributed by atoms with Crippen molar-refractivity contribution >= 4 is 12.0 Å². The molecule has 0 spiro atoms. The van der Waals surface area contributed by atoms with Crippen LogP contribution in [0.15, 0.2) is 0 Å². The van der Waals surface area contributed by atoms with E-state index in [-0.39, 0.29) is 19.1 Å². The summed E-state index contributed by atoms with van der Waals surface area (Å²) < 4.78 is 5.19. The standard InChI is InChI=1S/C12H17N3O4/c13-6-10-8-15(4-5-19-10)12(18)14-3-1-2-9(7-14)11(16)17/h9-10H,1-5,7-8H2,(H,16,17)/t9-,10?/m0/s1. The summed E-state index contributed by atoms with van der Waals surface area (Å²) in [6.07, 6.45) is 0.732. The quantitative estimate of drug-likeness (QED) is 0.728. The van der Waals surface area contributed by atoms with Crippen LogP contribution >= 0.6 is 0 Å². The molecule has 0 bridgehead atoms. The number of aliphatic carboxylic acids is 1. The van der Waals surface area contributed by atoms with E-state index in [9.17, 15) is 9.59 Å². The second kappa shape index (κ2) is 5.89.